The predicted molar refractivity (Wildman–Crippen MR) is 83.0 cm³/mol. The molecule has 1 aromatic heterocycles. The Kier molecular flexibility index (Phi) is 2.48. The second kappa shape index (κ2) is 4.25. The van der Waals surface area contributed by atoms with Gasteiger partial charge in [0.25, 0.3) is 0 Å². The van der Waals surface area contributed by atoms with Gasteiger partial charge in [0, 0.05) is 17.8 Å². The zero-order valence-corrected chi connectivity index (χ0v) is 11.7. The van der Waals surface area contributed by atoms with Gasteiger partial charge in [-0.05, 0) is 42.5 Å². The quantitative estimate of drug-likeness (QED) is 0.550. The Balaban J connectivity index is 2.19. The van der Waals surface area contributed by atoms with E-state index in [0.717, 1.165) is 36.1 Å². The molecule has 4 rings (SSSR count). The molecule has 0 radical (unpaired) electrons. The molecule has 0 amide bonds. The van der Waals surface area contributed by atoms with Crippen LogP contribution in [0.4, 0.5) is 5.69 Å². The molecule has 3 aromatic rings. The van der Waals surface area contributed by atoms with Gasteiger partial charge in [-0.15, -0.1) is 0 Å². The van der Waals surface area contributed by atoms with Crippen molar-refractivity contribution in [1.82, 2.24) is 0 Å². The second-order valence-corrected chi connectivity index (χ2v) is 5.44. The normalized spacial score (nSPS) is 13.8. The lowest BCUT2D eigenvalue weighted by molar-refractivity contribution is 0.414. The molecule has 21 heavy (non-hydrogen) atoms. The largest absolute Gasteiger partial charge is 0.497 e. The zero-order chi connectivity index (χ0) is 14.6. The van der Waals surface area contributed by atoms with Crippen LogP contribution in [0.2, 0.25) is 0 Å². The fourth-order valence-corrected chi connectivity index (χ4v) is 3.27. The molecule has 106 valence electrons. The summed E-state index contributed by atoms with van der Waals surface area (Å²) >= 11 is 0. The molecule has 0 bridgehead atoms. The van der Waals surface area contributed by atoms with Gasteiger partial charge in [0.05, 0.1) is 17.9 Å². The van der Waals surface area contributed by atoms with Crippen molar-refractivity contribution in [3.8, 4) is 5.75 Å². The van der Waals surface area contributed by atoms with Crippen molar-refractivity contribution in [1.29, 1.82) is 0 Å². The number of nitrogens with two attached hydrogens (primary N) is 1. The van der Waals surface area contributed by atoms with Crippen molar-refractivity contribution < 1.29 is 9.15 Å². The molecule has 4 nitrogen and oxygen atoms in total. The minimum absolute atomic E-state index is 0.0204. The molecule has 1 aliphatic carbocycles. The van der Waals surface area contributed by atoms with E-state index in [1.807, 2.05) is 0 Å². The van der Waals surface area contributed by atoms with Crippen molar-refractivity contribution in [2.45, 2.75) is 19.3 Å². The van der Waals surface area contributed by atoms with Crippen LogP contribution in [0.5, 0.6) is 5.75 Å². The third kappa shape index (κ3) is 1.65. The highest BCUT2D eigenvalue weighted by Crippen LogP contribution is 2.34. The van der Waals surface area contributed by atoms with E-state index in [-0.39, 0.29) is 5.43 Å². The van der Waals surface area contributed by atoms with Crippen molar-refractivity contribution in [3.05, 3.63) is 45.6 Å². The third-order valence-corrected chi connectivity index (χ3v) is 4.28. The number of hydrogen-bond donors (Lipinski definition) is 1. The average molecular weight is 281 g/mol. The summed E-state index contributed by atoms with van der Waals surface area (Å²) in [4.78, 5) is 12.8. The van der Waals surface area contributed by atoms with E-state index >= 15 is 0 Å². The first-order valence-corrected chi connectivity index (χ1v) is 7.04. The van der Waals surface area contributed by atoms with Crippen molar-refractivity contribution >= 4 is 27.6 Å². The molecule has 0 atom stereocenters. The van der Waals surface area contributed by atoms with Crippen LogP contribution >= 0.6 is 0 Å². The van der Waals surface area contributed by atoms with Crippen LogP contribution in [0.1, 0.15) is 17.5 Å². The highest BCUT2D eigenvalue weighted by atomic mass is 16.5. The average Bonchev–Trinajstić information content (AvgIpc) is 2.96. The zero-order valence-electron chi connectivity index (χ0n) is 11.7. The molecule has 0 saturated heterocycles. The summed E-state index contributed by atoms with van der Waals surface area (Å²) in [6.07, 6.45) is 2.87. The number of fused-ring (bicyclic) bond motifs is 4. The van der Waals surface area contributed by atoms with Crippen LogP contribution in [0.25, 0.3) is 21.9 Å². The van der Waals surface area contributed by atoms with Gasteiger partial charge in [-0.3, -0.25) is 4.79 Å². The maximum Gasteiger partial charge on any atom is 0.200 e. The molecule has 1 aliphatic rings. The Morgan fingerprint density at radius 3 is 2.76 bits per heavy atom. The van der Waals surface area contributed by atoms with E-state index in [0.29, 0.717) is 27.7 Å². The van der Waals surface area contributed by atoms with E-state index in [2.05, 4.69) is 0 Å². The Hall–Kier alpha value is -2.49. The lowest BCUT2D eigenvalue weighted by Crippen LogP contribution is -2.07. The number of ether oxygens (including phenoxy) is 1. The number of anilines is 1. The fourth-order valence-electron chi connectivity index (χ4n) is 3.27. The van der Waals surface area contributed by atoms with E-state index in [1.54, 1.807) is 31.4 Å². The molecule has 0 aliphatic heterocycles. The summed E-state index contributed by atoms with van der Waals surface area (Å²) in [7, 11) is 1.59. The summed E-state index contributed by atoms with van der Waals surface area (Å²) in [5.41, 5.74) is 10.1. The molecule has 2 aromatic carbocycles. The first-order valence-electron chi connectivity index (χ1n) is 7.04. The smallest absolute Gasteiger partial charge is 0.200 e. The first-order chi connectivity index (χ1) is 10.2. The minimum atomic E-state index is 0.0204. The molecule has 4 heteroatoms. The first kappa shape index (κ1) is 12.3. The summed E-state index contributed by atoms with van der Waals surface area (Å²) < 4.78 is 11.1. The van der Waals surface area contributed by atoms with Crippen LogP contribution in [0.15, 0.2) is 33.5 Å². The molecule has 2 N–H and O–H groups in total. The van der Waals surface area contributed by atoms with Crippen molar-refractivity contribution in [2.24, 2.45) is 0 Å². The van der Waals surface area contributed by atoms with E-state index < -0.39 is 0 Å². The molecular formula is C17H15NO3. The van der Waals surface area contributed by atoms with E-state index in [9.17, 15) is 4.79 Å². The number of nitrogen functional groups attached to an aromatic ring is 1. The highest BCUT2D eigenvalue weighted by molar-refractivity contribution is 5.94. The lowest BCUT2D eigenvalue weighted by Gasteiger charge is -2.09. The number of rotatable bonds is 1. The van der Waals surface area contributed by atoms with Gasteiger partial charge < -0.3 is 14.9 Å². The van der Waals surface area contributed by atoms with Gasteiger partial charge in [0.2, 0.25) is 5.43 Å². The Bertz CT molecular complexity index is 940. The number of aryl methyl sites for hydroxylation is 1. The van der Waals surface area contributed by atoms with Crippen LogP contribution in [-0.4, -0.2) is 7.11 Å². The van der Waals surface area contributed by atoms with Gasteiger partial charge in [-0.25, -0.2) is 0 Å². The molecule has 0 saturated carbocycles. The lowest BCUT2D eigenvalue weighted by atomic mass is 10.0. The van der Waals surface area contributed by atoms with Gasteiger partial charge in [0.15, 0.2) is 0 Å². The highest BCUT2D eigenvalue weighted by Gasteiger charge is 2.21. The SMILES string of the molecule is COc1ccc2c(=O)c3c4c(c(N)cc3oc2c1)CCC4. The number of benzene rings is 2. The van der Waals surface area contributed by atoms with Gasteiger partial charge in [-0.2, -0.15) is 0 Å². The van der Waals surface area contributed by atoms with Crippen LogP contribution in [0, 0.1) is 0 Å². The molecule has 0 unspecified atom stereocenters. The van der Waals surface area contributed by atoms with Gasteiger partial charge >= 0.3 is 0 Å². The van der Waals surface area contributed by atoms with Crippen molar-refractivity contribution in [3.63, 3.8) is 0 Å². The monoisotopic (exact) mass is 281 g/mol. The van der Waals surface area contributed by atoms with Gasteiger partial charge in [0.1, 0.15) is 16.9 Å². The topological polar surface area (TPSA) is 65.5 Å². The van der Waals surface area contributed by atoms with Crippen LogP contribution in [-0.2, 0) is 12.8 Å². The van der Waals surface area contributed by atoms with Gasteiger partial charge in [-0.1, -0.05) is 0 Å². The standard InChI is InChI=1S/C17H15NO3/c1-20-9-5-6-12-14(7-9)21-15-8-13(18)10-3-2-4-11(10)16(15)17(12)19/h5-8H,2-4,18H2,1H3. The third-order valence-electron chi connectivity index (χ3n) is 4.28. The predicted octanol–water partition coefficient (Wildman–Crippen LogP) is 3.03. The second-order valence-electron chi connectivity index (χ2n) is 5.44. The molecule has 0 fully saturated rings. The molecule has 1 heterocycles. The maximum absolute atomic E-state index is 12.8. The molecular weight excluding hydrogens is 266 g/mol. The Morgan fingerprint density at radius 1 is 1.14 bits per heavy atom. The Morgan fingerprint density at radius 2 is 1.95 bits per heavy atom. The molecule has 0 spiro atoms. The van der Waals surface area contributed by atoms with Crippen LogP contribution in [0.3, 0.4) is 0 Å². The van der Waals surface area contributed by atoms with Crippen molar-refractivity contribution in [2.75, 3.05) is 12.8 Å². The summed E-state index contributed by atoms with van der Waals surface area (Å²) in [6.45, 7) is 0. The maximum atomic E-state index is 12.8. The van der Waals surface area contributed by atoms with Crippen LogP contribution < -0.4 is 15.9 Å². The number of hydrogen-bond acceptors (Lipinski definition) is 4. The summed E-state index contributed by atoms with van der Waals surface area (Å²) in [5.74, 6) is 0.666. The summed E-state index contributed by atoms with van der Waals surface area (Å²) in [5, 5.41) is 1.27. The summed E-state index contributed by atoms with van der Waals surface area (Å²) in [6, 6.07) is 7.05. The fraction of sp³-hybridized carbons (Fsp3) is 0.235. The van der Waals surface area contributed by atoms with E-state index in [4.69, 9.17) is 14.9 Å². The minimum Gasteiger partial charge on any atom is -0.497 e. The van der Waals surface area contributed by atoms with E-state index in [1.165, 1.54) is 0 Å². The number of methoxy groups -OCH3 is 1. The Labute approximate surface area is 121 Å².